The predicted octanol–water partition coefficient (Wildman–Crippen LogP) is 2.85. The summed E-state index contributed by atoms with van der Waals surface area (Å²) in [5, 5.41) is 2.95. The van der Waals surface area contributed by atoms with E-state index in [0.29, 0.717) is 37.1 Å². The molecule has 26 heavy (non-hydrogen) atoms. The number of carbonyl (C=O) groups excluding carboxylic acids is 2. The van der Waals surface area contributed by atoms with Crippen LogP contribution in [0.1, 0.15) is 39.7 Å². The monoisotopic (exact) mass is 360 g/mol. The van der Waals surface area contributed by atoms with Crippen molar-refractivity contribution in [3.63, 3.8) is 0 Å². The topological polar surface area (TPSA) is 67.9 Å². The first-order valence-corrected chi connectivity index (χ1v) is 9.42. The standard InChI is InChI=1S/C20H28N2O4/c1-5-25-18-7-14-6-13(4)26-17(14)9-16(18)21-20(24)15-8-19(23)22(11-15)10-12(2)3/h7,9,12-13,15H,5-6,8,10-11H2,1-4H3,(H,21,24). The Hall–Kier alpha value is -2.24. The third-order valence-electron chi connectivity index (χ3n) is 4.73. The lowest BCUT2D eigenvalue weighted by molar-refractivity contribution is -0.128. The molecule has 0 aromatic heterocycles. The van der Waals surface area contributed by atoms with Crippen molar-refractivity contribution >= 4 is 17.5 Å². The van der Waals surface area contributed by atoms with Gasteiger partial charge in [-0.2, -0.15) is 0 Å². The second-order valence-electron chi connectivity index (χ2n) is 7.60. The van der Waals surface area contributed by atoms with Gasteiger partial charge in [0.05, 0.1) is 18.2 Å². The van der Waals surface area contributed by atoms with Gasteiger partial charge in [-0.05, 0) is 25.8 Å². The number of hydrogen-bond donors (Lipinski definition) is 1. The van der Waals surface area contributed by atoms with Crippen LogP contribution in [0.2, 0.25) is 0 Å². The summed E-state index contributed by atoms with van der Waals surface area (Å²) >= 11 is 0. The van der Waals surface area contributed by atoms with E-state index >= 15 is 0 Å². The van der Waals surface area contributed by atoms with Crippen LogP contribution in [0.5, 0.6) is 11.5 Å². The van der Waals surface area contributed by atoms with Gasteiger partial charge in [0.25, 0.3) is 0 Å². The summed E-state index contributed by atoms with van der Waals surface area (Å²) in [6, 6.07) is 3.78. The van der Waals surface area contributed by atoms with E-state index < -0.39 is 0 Å². The van der Waals surface area contributed by atoms with Gasteiger partial charge >= 0.3 is 0 Å². The zero-order valence-corrected chi connectivity index (χ0v) is 16.0. The predicted molar refractivity (Wildman–Crippen MR) is 99.6 cm³/mol. The summed E-state index contributed by atoms with van der Waals surface area (Å²) in [5.41, 5.74) is 1.71. The molecule has 0 saturated carbocycles. The molecule has 1 aromatic rings. The fourth-order valence-corrected chi connectivity index (χ4v) is 3.61. The molecule has 142 valence electrons. The highest BCUT2D eigenvalue weighted by Gasteiger charge is 2.35. The number of benzene rings is 1. The highest BCUT2D eigenvalue weighted by atomic mass is 16.5. The van der Waals surface area contributed by atoms with Crippen LogP contribution in [0.3, 0.4) is 0 Å². The van der Waals surface area contributed by atoms with E-state index in [1.165, 1.54) is 0 Å². The minimum Gasteiger partial charge on any atom is -0.492 e. The van der Waals surface area contributed by atoms with E-state index in [1.807, 2.05) is 26.0 Å². The molecular weight excluding hydrogens is 332 g/mol. The van der Waals surface area contributed by atoms with Gasteiger partial charge in [0.1, 0.15) is 17.6 Å². The van der Waals surface area contributed by atoms with E-state index in [4.69, 9.17) is 9.47 Å². The van der Waals surface area contributed by atoms with Crippen molar-refractivity contribution in [2.45, 2.75) is 46.6 Å². The van der Waals surface area contributed by atoms with Crippen molar-refractivity contribution in [2.75, 3.05) is 25.0 Å². The maximum absolute atomic E-state index is 12.7. The first kappa shape index (κ1) is 18.5. The van der Waals surface area contributed by atoms with E-state index in [9.17, 15) is 9.59 Å². The maximum atomic E-state index is 12.7. The van der Waals surface area contributed by atoms with E-state index in [0.717, 1.165) is 17.7 Å². The molecule has 0 aliphatic carbocycles. The second-order valence-corrected chi connectivity index (χ2v) is 7.60. The maximum Gasteiger partial charge on any atom is 0.229 e. The van der Waals surface area contributed by atoms with E-state index in [-0.39, 0.29) is 30.3 Å². The third-order valence-corrected chi connectivity index (χ3v) is 4.73. The Morgan fingerprint density at radius 1 is 1.38 bits per heavy atom. The molecule has 0 radical (unpaired) electrons. The summed E-state index contributed by atoms with van der Waals surface area (Å²) in [7, 11) is 0. The summed E-state index contributed by atoms with van der Waals surface area (Å²) < 4.78 is 11.5. The molecule has 0 bridgehead atoms. The molecule has 6 heteroatoms. The van der Waals surface area contributed by atoms with Crippen molar-refractivity contribution in [1.82, 2.24) is 4.90 Å². The number of ether oxygens (including phenoxy) is 2. The Morgan fingerprint density at radius 3 is 2.85 bits per heavy atom. The molecule has 2 aliphatic heterocycles. The first-order valence-electron chi connectivity index (χ1n) is 9.42. The number of fused-ring (bicyclic) bond motifs is 1. The summed E-state index contributed by atoms with van der Waals surface area (Å²) in [6.07, 6.45) is 1.23. The van der Waals surface area contributed by atoms with Gasteiger partial charge in [-0.15, -0.1) is 0 Å². The molecule has 6 nitrogen and oxygen atoms in total. The minimum atomic E-state index is -0.330. The summed E-state index contributed by atoms with van der Waals surface area (Å²) in [4.78, 5) is 26.6. The van der Waals surface area contributed by atoms with Gasteiger partial charge < -0.3 is 19.7 Å². The third kappa shape index (κ3) is 3.94. The molecule has 2 aliphatic rings. The first-order chi connectivity index (χ1) is 12.4. The van der Waals surface area contributed by atoms with Gasteiger partial charge in [0.2, 0.25) is 11.8 Å². The number of nitrogens with one attached hydrogen (secondary N) is 1. The average molecular weight is 360 g/mol. The van der Waals surface area contributed by atoms with Crippen LogP contribution in [-0.4, -0.2) is 42.5 Å². The normalized spacial score (nSPS) is 21.7. The number of likely N-dealkylation sites (tertiary alicyclic amines) is 1. The molecule has 2 amide bonds. The lowest BCUT2D eigenvalue weighted by Crippen LogP contribution is -2.31. The SMILES string of the molecule is CCOc1cc2c(cc1NC(=O)C1CC(=O)N(CC(C)C)C1)OC(C)C2. The Bertz CT molecular complexity index is 701. The Labute approximate surface area is 154 Å². The van der Waals surface area contributed by atoms with Crippen molar-refractivity contribution in [2.24, 2.45) is 11.8 Å². The summed E-state index contributed by atoms with van der Waals surface area (Å²) in [6.45, 7) is 9.76. The molecule has 2 unspecified atom stereocenters. The van der Waals surface area contributed by atoms with Gasteiger partial charge in [0, 0.05) is 37.6 Å². The highest BCUT2D eigenvalue weighted by Crippen LogP contribution is 2.38. The number of hydrogen-bond acceptors (Lipinski definition) is 4. The lowest BCUT2D eigenvalue weighted by atomic mass is 10.1. The van der Waals surface area contributed by atoms with Gasteiger partial charge in [-0.25, -0.2) is 0 Å². The second kappa shape index (κ2) is 7.56. The van der Waals surface area contributed by atoms with Gasteiger partial charge in [-0.1, -0.05) is 13.8 Å². The highest BCUT2D eigenvalue weighted by molar-refractivity contribution is 5.98. The Morgan fingerprint density at radius 2 is 2.15 bits per heavy atom. The van der Waals surface area contributed by atoms with Crippen LogP contribution >= 0.6 is 0 Å². The van der Waals surface area contributed by atoms with Gasteiger partial charge in [0.15, 0.2) is 0 Å². The fourth-order valence-electron chi connectivity index (χ4n) is 3.61. The van der Waals surface area contributed by atoms with Crippen molar-refractivity contribution in [1.29, 1.82) is 0 Å². The van der Waals surface area contributed by atoms with Crippen LogP contribution in [-0.2, 0) is 16.0 Å². The smallest absolute Gasteiger partial charge is 0.229 e. The van der Waals surface area contributed by atoms with E-state index in [1.54, 1.807) is 4.90 Å². The Kier molecular flexibility index (Phi) is 5.39. The molecule has 3 rings (SSSR count). The van der Waals surface area contributed by atoms with Crippen LogP contribution in [0.4, 0.5) is 5.69 Å². The lowest BCUT2D eigenvalue weighted by Gasteiger charge is -2.19. The van der Waals surface area contributed by atoms with Crippen LogP contribution in [0.15, 0.2) is 12.1 Å². The largest absolute Gasteiger partial charge is 0.492 e. The summed E-state index contributed by atoms with van der Waals surface area (Å²) in [5.74, 6) is 1.41. The number of amides is 2. The quantitative estimate of drug-likeness (QED) is 0.847. The number of nitrogens with zero attached hydrogens (tertiary/aromatic N) is 1. The molecule has 2 heterocycles. The number of carbonyl (C=O) groups is 2. The van der Waals surface area contributed by atoms with Crippen molar-refractivity contribution in [3.05, 3.63) is 17.7 Å². The molecule has 1 aromatic carbocycles. The molecule has 0 spiro atoms. The minimum absolute atomic E-state index is 0.0509. The average Bonchev–Trinajstić information content (AvgIpc) is 3.09. The van der Waals surface area contributed by atoms with Crippen LogP contribution < -0.4 is 14.8 Å². The Balaban J connectivity index is 1.73. The molecule has 1 fully saturated rings. The van der Waals surface area contributed by atoms with E-state index in [2.05, 4.69) is 19.2 Å². The molecule has 1 N–H and O–H groups in total. The number of anilines is 1. The van der Waals surface area contributed by atoms with Crippen molar-refractivity contribution in [3.8, 4) is 11.5 Å². The van der Waals surface area contributed by atoms with Gasteiger partial charge in [-0.3, -0.25) is 9.59 Å². The molecule has 2 atom stereocenters. The zero-order chi connectivity index (χ0) is 18.8. The fraction of sp³-hybridized carbons (Fsp3) is 0.600. The molecular formula is C20H28N2O4. The molecule has 1 saturated heterocycles. The van der Waals surface area contributed by atoms with Crippen LogP contribution in [0, 0.1) is 11.8 Å². The number of rotatable bonds is 6. The van der Waals surface area contributed by atoms with Crippen LogP contribution in [0.25, 0.3) is 0 Å². The van der Waals surface area contributed by atoms with Crippen molar-refractivity contribution < 1.29 is 19.1 Å². The zero-order valence-electron chi connectivity index (χ0n) is 16.0.